The van der Waals surface area contributed by atoms with Gasteiger partial charge < -0.3 is 10.2 Å². The van der Waals surface area contributed by atoms with Gasteiger partial charge in [0.2, 0.25) is 5.91 Å². The molecule has 18 heavy (non-hydrogen) atoms. The first kappa shape index (κ1) is 15.4. The van der Waals surface area contributed by atoms with E-state index in [1.54, 1.807) is 4.90 Å². The highest BCUT2D eigenvalue weighted by Gasteiger charge is 2.33. The topological polar surface area (TPSA) is 66.5 Å². The quantitative estimate of drug-likeness (QED) is 0.684. The van der Waals surface area contributed by atoms with E-state index in [0.29, 0.717) is 19.5 Å². The second kappa shape index (κ2) is 7.09. The summed E-state index contributed by atoms with van der Waals surface area (Å²) in [7, 11) is -2.93. The third kappa shape index (κ3) is 4.57. The Morgan fingerprint density at radius 3 is 2.61 bits per heavy atom. The number of likely N-dealkylation sites (N-methyl/N-ethyl adjacent to an activating group) is 1. The Labute approximate surface area is 110 Å². The molecule has 1 aliphatic heterocycles. The fourth-order valence-electron chi connectivity index (χ4n) is 2.26. The third-order valence-electron chi connectivity index (χ3n) is 3.29. The van der Waals surface area contributed by atoms with E-state index in [1.807, 2.05) is 6.92 Å². The number of rotatable bonds is 7. The third-order valence-corrected chi connectivity index (χ3v) is 5.04. The lowest BCUT2D eigenvalue weighted by molar-refractivity contribution is -0.131. The van der Waals surface area contributed by atoms with Crippen molar-refractivity contribution in [3.05, 3.63) is 0 Å². The molecule has 0 saturated carbocycles. The van der Waals surface area contributed by atoms with Crippen LogP contribution in [0.3, 0.4) is 0 Å². The van der Waals surface area contributed by atoms with Crippen LogP contribution < -0.4 is 5.32 Å². The van der Waals surface area contributed by atoms with E-state index in [4.69, 9.17) is 0 Å². The van der Waals surface area contributed by atoms with Crippen LogP contribution in [0.4, 0.5) is 0 Å². The van der Waals surface area contributed by atoms with Crippen molar-refractivity contribution in [3.8, 4) is 0 Å². The van der Waals surface area contributed by atoms with Crippen molar-refractivity contribution in [1.82, 2.24) is 10.2 Å². The van der Waals surface area contributed by atoms with Gasteiger partial charge in [0.25, 0.3) is 0 Å². The molecule has 1 saturated heterocycles. The van der Waals surface area contributed by atoms with Crippen LogP contribution in [0.2, 0.25) is 0 Å². The lowest BCUT2D eigenvalue weighted by Crippen LogP contribution is -2.45. The average molecular weight is 276 g/mol. The molecule has 1 fully saturated rings. The molecule has 0 spiro atoms. The molecule has 1 heterocycles. The predicted octanol–water partition coefficient (Wildman–Crippen LogP) is 0.412. The van der Waals surface area contributed by atoms with Crippen LogP contribution in [0.25, 0.3) is 0 Å². The molecule has 0 aliphatic carbocycles. The summed E-state index contributed by atoms with van der Waals surface area (Å²) in [5.41, 5.74) is 0. The molecule has 0 aromatic rings. The van der Waals surface area contributed by atoms with Gasteiger partial charge in [-0.2, -0.15) is 0 Å². The van der Waals surface area contributed by atoms with Crippen molar-refractivity contribution >= 4 is 15.7 Å². The standard InChI is InChI=1S/C12H24N2O3S/c1-3-5-7-13-9-12(15)14(4-2)11-6-8-18(16,17)10-11/h11,13H,3-10H2,1-2H3. The molecule has 1 rings (SSSR count). The molecule has 0 bridgehead atoms. The Kier molecular flexibility index (Phi) is 6.08. The zero-order valence-electron chi connectivity index (χ0n) is 11.3. The molecule has 1 aliphatic rings. The van der Waals surface area contributed by atoms with Gasteiger partial charge in [-0.25, -0.2) is 8.42 Å². The van der Waals surface area contributed by atoms with Crippen LogP contribution in [0, 0.1) is 0 Å². The number of carbonyl (C=O) groups excluding carboxylic acids is 1. The number of nitrogens with one attached hydrogen (secondary N) is 1. The largest absolute Gasteiger partial charge is 0.338 e. The predicted molar refractivity (Wildman–Crippen MR) is 72.2 cm³/mol. The maximum absolute atomic E-state index is 12.0. The van der Waals surface area contributed by atoms with Crippen LogP contribution >= 0.6 is 0 Å². The van der Waals surface area contributed by atoms with Crippen molar-refractivity contribution in [1.29, 1.82) is 0 Å². The fraction of sp³-hybridized carbons (Fsp3) is 0.917. The van der Waals surface area contributed by atoms with E-state index < -0.39 is 9.84 Å². The van der Waals surface area contributed by atoms with Crippen molar-refractivity contribution < 1.29 is 13.2 Å². The lowest BCUT2D eigenvalue weighted by atomic mass is 10.2. The smallest absolute Gasteiger partial charge is 0.236 e. The van der Waals surface area contributed by atoms with E-state index in [0.717, 1.165) is 19.4 Å². The van der Waals surface area contributed by atoms with Gasteiger partial charge in [0.15, 0.2) is 9.84 Å². The van der Waals surface area contributed by atoms with E-state index in [1.165, 1.54) is 0 Å². The summed E-state index contributed by atoms with van der Waals surface area (Å²) in [5, 5.41) is 3.10. The molecule has 0 aromatic heterocycles. The van der Waals surface area contributed by atoms with Gasteiger partial charge in [-0.05, 0) is 26.3 Å². The Bertz CT molecular complexity index is 368. The molecule has 1 atom stereocenters. The van der Waals surface area contributed by atoms with Crippen molar-refractivity contribution in [3.63, 3.8) is 0 Å². The van der Waals surface area contributed by atoms with Gasteiger partial charge in [-0.15, -0.1) is 0 Å². The Morgan fingerprint density at radius 1 is 1.39 bits per heavy atom. The van der Waals surface area contributed by atoms with Gasteiger partial charge in [0.05, 0.1) is 18.1 Å². The minimum absolute atomic E-state index is 0.00991. The van der Waals surface area contributed by atoms with Crippen molar-refractivity contribution in [2.75, 3.05) is 31.1 Å². The summed E-state index contributed by atoms with van der Waals surface area (Å²) in [6.07, 6.45) is 2.73. The number of hydrogen-bond acceptors (Lipinski definition) is 4. The number of sulfone groups is 1. The highest BCUT2D eigenvalue weighted by molar-refractivity contribution is 7.91. The van der Waals surface area contributed by atoms with Crippen LogP contribution in [0.15, 0.2) is 0 Å². The molecule has 1 N–H and O–H groups in total. The molecule has 6 heteroatoms. The SMILES string of the molecule is CCCCNCC(=O)N(CC)C1CCS(=O)(=O)C1. The van der Waals surface area contributed by atoms with E-state index in [2.05, 4.69) is 12.2 Å². The fourth-order valence-corrected chi connectivity index (χ4v) is 3.99. The highest BCUT2D eigenvalue weighted by Crippen LogP contribution is 2.17. The first-order valence-corrected chi connectivity index (χ1v) is 8.53. The zero-order valence-corrected chi connectivity index (χ0v) is 12.1. The number of unbranched alkanes of at least 4 members (excludes halogenated alkanes) is 1. The first-order chi connectivity index (χ1) is 8.50. The maximum Gasteiger partial charge on any atom is 0.236 e. The van der Waals surface area contributed by atoms with E-state index in [9.17, 15) is 13.2 Å². The summed E-state index contributed by atoms with van der Waals surface area (Å²) < 4.78 is 22.9. The molecule has 0 aromatic carbocycles. The summed E-state index contributed by atoms with van der Waals surface area (Å²) in [6, 6.07) is -0.125. The first-order valence-electron chi connectivity index (χ1n) is 6.70. The average Bonchev–Trinajstić information content (AvgIpc) is 2.66. The zero-order chi connectivity index (χ0) is 13.6. The van der Waals surface area contributed by atoms with Gasteiger partial charge >= 0.3 is 0 Å². The molecule has 1 amide bonds. The van der Waals surface area contributed by atoms with E-state index in [-0.39, 0.29) is 23.5 Å². The van der Waals surface area contributed by atoms with Crippen LogP contribution in [0.5, 0.6) is 0 Å². The number of carbonyl (C=O) groups is 1. The molecular formula is C12H24N2O3S. The Hall–Kier alpha value is -0.620. The monoisotopic (exact) mass is 276 g/mol. The molecule has 1 unspecified atom stereocenters. The van der Waals surface area contributed by atoms with Gasteiger partial charge in [-0.1, -0.05) is 13.3 Å². The van der Waals surface area contributed by atoms with Crippen LogP contribution in [-0.4, -0.2) is 56.4 Å². The minimum atomic E-state index is -2.93. The summed E-state index contributed by atoms with van der Waals surface area (Å²) in [6.45, 7) is 5.72. The molecule has 0 radical (unpaired) electrons. The van der Waals surface area contributed by atoms with Crippen molar-refractivity contribution in [2.45, 2.75) is 39.2 Å². The summed E-state index contributed by atoms with van der Waals surface area (Å²) in [5.74, 6) is 0.349. The molecular weight excluding hydrogens is 252 g/mol. The van der Waals surface area contributed by atoms with Crippen LogP contribution in [-0.2, 0) is 14.6 Å². The van der Waals surface area contributed by atoms with Gasteiger partial charge in [-0.3, -0.25) is 4.79 Å². The second-order valence-electron chi connectivity index (χ2n) is 4.77. The normalized spacial score (nSPS) is 22.0. The van der Waals surface area contributed by atoms with Crippen LogP contribution in [0.1, 0.15) is 33.1 Å². The minimum Gasteiger partial charge on any atom is -0.338 e. The summed E-state index contributed by atoms with van der Waals surface area (Å²) >= 11 is 0. The number of amides is 1. The summed E-state index contributed by atoms with van der Waals surface area (Å²) in [4.78, 5) is 13.7. The van der Waals surface area contributed by atoms with Gasteiger partial charge in [0.1, 0.15) is 0 Å². The molecule has 106 valence electrons. The Balaban J connectivity index is 2.43. The maximum atomic E-state index is 12.0. The number of hydrogen-bond donors (Lipinski definition) is 1. The highest BCUT2D eigenvalue weighted by atomic mass is 32.2. The number of nitrogens with zero attached hydrogens (tertiary/aromatic N) is 1. The molecule has 5 nitrogen and oxygen atoms in total. The second-order valence-corrected chi connectivity index (χ2v) is 7.00. The van der Waals surface area contributed by atoms with Gasteiger partial charge in [0, 0.05) is 12.6 Å². The Morgan fingerprint density at radius 2 is 2.11 bits per heavy atom. The van der Waals surface area contributed by atoms with Crippen molar-refractivity contribution in [2.24, 2.45) is 0 Å². The van der Waals surface area contributed by atoms with E-state index >= 15 is 0 Å². The lowest BCUT2D eigenvalue weighted by Gasteiger charge is -2.27.